The fourth-order valence-electron chi connectivity index (χ4n) is 2.98. The zero-order chi connectivity index (χ0) is 14.6. The lowest BCUT2D eigenvalue weighted by Crippen LogP contribution is -2.52. The maximum atomic E-state index is 3.81. The van der Waals surface area contributed by atoms with Crippen LogP contribution >= 0.6 is 0 Å². The average Bonchev–Trinajstić information content (AvgIpc) is 2.24. The first-order chi connectivity index (χ1) is 8.67. The fourth-order valence-corrected chi connectivity index (χ4v) is 2.98. The summed E-state index contributed by atoms with van der Waals surface area (Å²) in [5.41, 5.74) is 0.383. The van der Waals surface area contributed by atoms with E-state index in [1.165, 1.54) is 26.1 Å². The van der Waals surface area contributed by atoms with Crippen LogP contribution in [0.5, 0.6) is 0 Å². The maximum Gasteiger partial charge on any atom is 0.0198 e. The summed E-state index contributed by atoms with van der Waals surface area (Å²) in [5.74, 6) is 2.42. The highest BCUT2D eigenvalue weighted by molar-refractivity contribution is 4.86. The van der Waals surface area contributed by atoms with E-state index in [4.69, 9.17) is 0 Å². The van der Waals surface area contributed by atoms with Crippen molar-refractivity contribution in [3.05, 3.63) is 0 Å². The fraction of sp³-hybridized carbons (Fsp3) is 1.00. The summed E-state index contributed by atoms with van der Waals surface area (Å²) in [5, 5.41) is 3.81. The van der Waals surface area contributed by atoms with Gasteiger partial charge in [-0.1, -0.05) is 48.5 Å². The van der Waals surface area contributed by atoms with Gasteiger partial charge >= 0.3 is 0 Å². The highest BCUT2D eigenvalue weighted by Crippen LogP contribution is 2.25. The summed E-state index contributed by atoms with van der Waals surface area (Å²) < 4.78 is 0. The molecule has 2 atom stereocenters. The first kappa shape index (κ1) is 17.0. The van der Waals surface area contributed by atoms with E-state index in [9.17, 15) is 0 Å². The van der Waals surface area contributed by atoms with Gasteiger partial charge in [0.05, 0.1) is 0 Å². The average molecular weight is 268 g/mol. The first-order valence-corrected chi connectivity index (χ1v) is 8.13. The van der Waals surface area contributed by atoms with Crippen molar-refractivity contribution in [1.82, 2.24) is 10.2 Å². The van der Waals surface area contributed by atoms with Gasteiger partial charge in [0.15, 0.2) is 0 Å². The summed E-state index contributed by atoms with van der Waals surface area (Å²) in [6.45, 7) is 21.3. The van der Waals surface area contributed by atoms with Gasteiger partial charge in [0.2, 0.25) is 0 Å². The van der Waals surface area contributed by atoms with E-state index >= 15 is 0 Å². The lowest BCUT2D eigenvalue weighted by atomic mass is 9.84. The zero-order valence-corrected chi connectivity index (χ0v) is 14.3. The van der Waals surface area contributed by atoms with Crippen molar-refractivity contribution in [2.75, 3.05) is 26.2 Å². The van der Waals surface area contributed by atoms with Gasteiger partial charge in [0.1, 0.15) is 0 Å². The Morgan fingerprint density at radius 1 is 1.11 bits per heavy atom. The normalized spacial score (nSPS) is 26.4. The molecule has 1 rings (SSSR count). The minimum absolute atomic E-state index is 0.383. The molecule has 0 bridgehead atoms. The molecule has 1 aliphatic heterocycles. The Morgan fingerprint density at radius 2 is 1.74 bits per heavy atom. The predicted octanol–water partition coefficient (Wildman–Crippen LogP) is 3.62. The number of nitrogens with one attached hydrogen (secondary N) is 1. The summed E-state index contributed by atoms with van der Waals surface area (Å²) in [4.78, 5) is 2.68. The monoisotopic (exact) mass is 268 g/mol. The van der Waals surface area contributed by atoms with Crippen LogP contribution in [0, 0.1) is 23.2 Å². The largest absolute Gasteiger partial charge is 0.312 e. The maximum absolute atomic E-state index is 3.81. The quantitative estimate of drug-likeness (QED) is 0.819. The van der Waals surface area contributed by atoms with E-state index in [2.05, 4.69) is 58.7 Å². The molecule has 1 fully saturated rings. The molecule has 19 heavy (non-hydrogen) atoms. The molecule has 1 N–H and O–H groups in total. The van der Waals surface area contributed by atoms with Crippen LogP contribution in [0.4, 0.5) is 0 Å². The summed E-state index contributed by atoms with van der Waals surface area (Å²) in [6.07, 6.45) is 1.35. The van der Waals surface area contributed by atoms with Gasteiger partial charge in [-0.25, -0.2) is 0 Å². The molecule has 0 aliphatic carbocycles. The van der Waals surface area contributed by atoms with Gasteiger partial charge in [-0.3, -0.25) is 0 Å². The lowest BCUT2D eigenvalue weighted by Gasteiger charge is -2.41. The topological polar surface area (TPSA) is 15.3 Å². The van der Waals surface area contributed by atoms with Crippen LogP contribution < -0.4 is 5.32 Å². The van der Waals surface area contributed by atoms with E-state index in [0.717, 1.165) is 24.3 Å². The molecule has 2 unspecified atom stereocenters. The van der Waals surface area contributed by atoms with Crippen LogP contribution in [0.1, 0.15) is 54.9 Å². The Balaban J connectivity index is 2.54. The number of nitrogens with zero attached hydrogens (tertiary/aromatic N) is 1. The van der Waals surface area contributed by atoms with E-state index in [1.807, 2.05) is 0 Å². The molecule has 0 aromatic rings. The molecule has 1 heterocycles. The predicted molar refractivity (Wildman–Crippen MR) is 85.5 cm³/mol. The van der Waals surface area contributed by atoms with Crippen LogP contribution in [0.3, 0.4) is 0 Å². The third-order valence-corrected chi connectivity index (χ3v) is 4.05. The Hall–Kier alpha value is -0.0800. The first-order valence-electron chi connectivity index (χ1n) is 8.13. The lowest BCUT2D eigenvalue weighted by molar-refractivity contribution is 0.101. The van der Waals surface area contributed by atoms with E-state index in [0.29, 0.717) is 11.5 Å². The third kappa shape index (κ3) is 6.76. The smallest absolute Gasteiger partial charge is 0.0198 e. The molecule has 0 radical (unpaired) electrons. The minimum atomic E-state index is 0.383. The van der Waals surface area contributed by atoms with Gasteiger partial charge in [0.25, 0.3) is 0 Å². The second-order valence-electron chi connectivity index (χ2n) is 8.49. The Labute approximate surface area is 121 Å². The Kier molecular flexibility index (Phi) is 6.32. The van der Waals surface area contributed by atoms with Crippen LogP contribution in [-0.2, 0) is 0 Å². The van der Waals surface area contributed by atoms with Crippen LogP contribution in [0.25, 0.3) is 0 Å². The van der Waals surface area contributed by atoms with Crippen molar-refractivity contribution in [1.29, 1.82) is 0 Å². The molecule has 114 valence electrons. The van der Waals surface area contributed by atoms with Crippen molar-refractivity contribution < 1.29 is 0 Å². The number of hydrogen-bond acceptors (Lipinski definition) is 2. The number of rotatable bonds is 5. The molecule has 2 nitrogen and oxygen atoms in total. The molecule has 1 aliphatic rings. The van der Waals surface area contributed by atoms with Crippen molar-refractivity contribution >= 4 is 0 Å². The standard InChI is InChI=1S/C17H36N2/c1-13(2)9-19-10-15(14(3)4)8-16(11-19)18-12-17(5,6)7/h13-16,18H,8-12H2,1-7H3. The van der Waals surface area contributed by atoms with E-state index in [-0.39, 0.29) is 0 Å². The van der Waals surface area contributed by atoms with Crippen LogP contribution in [0.2, 0.25) is 0 Å². The highest BCUT2D eigenvalue weighted by Gasteiger charge is 2.29. The molecular formula is C17H36N2. The minimum Gasteiger partial charge on any atom is -0.312 e. The highest BCUT2D eigenvalue weighted by atomic mass is 15.2. The van der Waals surface area contributed by atoms with Gasteiger partial charge < -0.3 is 10.2 Å². The molecule has 0 aromatic carbocycles. The van der Waals surface area contributed by atoms with Gasteiger partial charge in [-0.15, -0.1) is 0 Å². The van der Waals surface area contributed by atoms with Gasteiger partial charge in [0, 0.05) is 32.2 Å². The van der Waals surface area contributed by atoms with Gasteiger partial charge in [-0.2, -0.15) is 0 Å². The zero-order valence-electron chi connectivity index (χ0n) is 14.3. The van der Waals surface area contributed by atoms with Crippen LogP contribution in [0.15, 0.2) is 0 Å². The van der Waals surface area contributed by atoms with Crippen molar-refractivity contribution in [3.8, 4) is 0 Å². The number of likely N-dealkylation sites (tertiary alicyclic amines) is 1. The SMILES string of the molecule is CC(C)CN1CC(NCC(C)(C)C)CC(C(C)C)C1. The molecule has 1 saturated heterocycles. The van der Waals surface area contributed by atoms with E-state index in [1.54, 1.807) is 0 Å². The Bertz CT molecular complexity index is 252. The molecule has 0 spiro atoms. The Morgan fingerprint density at radius 3 is 2.21 bits per heavy atom. The van der Waals surface area contributed by atoms with Crippen molar-refractivity contribution in [2.45, 2.75) is 60.9 Å². The molecule has 0 saturated carbocycles. The molecule has 0 aromatic heterocycles. The number of hydrogen-bond donors (Lipinski definition) is 1. The molecule has 0 amide bonds. The van der Waals surface area contributed by atoms with Gasteiger partial charge in [-0.05, 0) is 29.6 Å². The second-order valence-corrected chi connectivity index (χ2v) is 8.49. The van der Waals surface area contributed by atoms with Crippen molar-refractivity contribution in [3.63, 3.8) is 0 Å². The second kappa shape index (κ2) is 7.08. The van der Waals surface area contributed by atoms with Crippen molar-refractivity contribution in [2.24, 2.45) is 23.2 Å². The summed E-state index contributed by atoms with van der Waals surface area (Å²) in [7, 11) is 0. The summed E-state index contributed by atoms with van der Waals surface area (Å²) >= 11 is 0. The third-order valence-electron chi connectivity index (χ3n) is 4.05. The number of piperidine rings is 1. The summed E-state index contributed by atoms with van der Waals surface area (Å²) in [6, 6.07) is 0.680. The molecular weight excluding hydrogens is 232 g/mol. The van der Waals surface area contributed by atoms with Crippen LogP contribution in [-0.4, -0.2) is 37.1 Å². The van der Waals surface area contributed by atoms with E-state index < -0.39 is 0 Å². The molecule has 2 heteroatoms.